The molecule has 1 amide bonds. The molecule has 0 aliphatic heterocycles. The molecule has 3 nitrogen and oxygen atoms in total. The van der Waals surface area contributed by atoms with E-state index in [0.717, 1.165) is 22.3 Å². The minimum absolute atomic E-state index is 0.107. The number of anilines is 1. The van der Waals surface area contributed by atoms with Crippen LogP contribution in [0.4, 0.5) is 5.69 Å². The van der Waals surface area contributed by atoms with Gasteiger partial charge in [-0.1, -0.05) is 114 Å². The van der Waals surface area contributed by atoms with Gasteiger partial charge in [0.1, 0.15) is 5.75 Å². The van der Waals surface area contributed by atoms with Crippen molar-refractivity contribution in [2.45, 2.75) is 5.41 Å². The lowest BCUT2D eigenvalue weighted by Crippen LogP contribution is -2.31. The number of aromatic hydroxyl groups is 1. The summed E-state index contributed by atoms with van der Waals surface area (Å²) in [7, 11) is 0. The first kappa shape index (κ1) is 24.6. The van der Waals surface area contributed by atoms with Crippen LogP contribution in [0, 0.1) is 0 Å². The van der Waals surface area contributed by atoms with E-state index >= 15 is 0 Å². The largest absolute Gasteiger partial charge is 0.507 e. The Morgan fingerprint density at radius 3 is 1.78 bits per heavy atom. The lowest BCUT2D eigenvalue weighted by molar-refractivity contribution is 0.102. The van der Waals surface area contributed by atoms with Crippen molar-refractivity contribution in [2.24, 2.45) is 0 Å². The van der Waals surface area contributed by atoms with Crippen molar-refractivity contribution in [1.82, 2.24) is 0 Å². The molecule has 0 fully saturated rings. The summed E-state index contributed by atoms with van der Waals surface area (Å²) in [5, 5.41) is 14.0. The van der Waals surface area contributed by atoms with Gasteiger partial charge in [-0.15, -0.1) is 0 Å². The molecule has 0 aromatic heterocycles. The Bertz CT molecular complexity index is 1500. The Morgan fingerprint density at radius 2 is 1.19 bits per heavy atom. The number of nitrogens with one attached hydrogen (secondary N) is 1. The van der Waals surface area contributed by atoms with E-state index in [-0.39, 0.29) is 11.3 Å². The van der Waals surface area contributed by atoms with Crippen molar-refractivity contribution in [3.8, 4) is 5.75 Å². The Morgan fingerprint density at radius 1 is 0.649 bits per heavy atom. The van der Waals surface area contributed by atoms with Gasteiger partial charge < -0.3 is 10.4 Å². The summed E-state index contributed by atoms with van der Waals surface area (Å²) < 4.78 is 0. The summed E-state index contributed by atoms with van der Waals surface area (Å²) in [5.41, 5.74) is 4.06. The third kappa shape index (κ3) is 4.72. The van der Waals surface area contributed by atoms with Crippen LogP contribution in [0.2, 0.25) is 10.0 Å². The Balaban J connectivity index is 1.64. The molecule has 37 heavy (non-hydrogen) atoms. The van der Waals surface area contributed by atoms with Gasteiger partial charge in [0.25, 0.3) is 5.91 Å². The van der Waals surface area contributed by atoms with Crippen molar-refractivity contribution in [2.75, 3.05) is 5.32 Å². The van der Waals surface area contributed by atoms with E-state index < -0.39 is 11.3 Å². The van der Waals surface area contributed by atoms with E-state index in [1.54, 1.807) is 0 Å². The standard InChI is InChI=1S/C32H23Cl2NO2/c33-25-17-20-30(36)27(21-25)31(37)35-26-18-15-24(16-19-26)32(22-9-3-1-4-10-22,23-11-5-2-6-12-23)28-13-7-8-14-29(28)34/h1-21,36H,(H,35,37). The molecule has 0 atom stereocenters. The molecule has 5 aromatic rings. The van der Waals surface area contributed by atoms with Crippen LogP contribution in [-0.4, -0.2) is 11.0 Å². The van der Waals surface area contributed by atoms with Crippen LogP contribution < -0.4 is 5.32 Å². The van der Waals surface area contributed by atoms with E-state index in [0.29, 0.717) is 15.7 Å². The van der Waals surface area contributed by atoms with Gasteiger partial charge in [-0.3, -0.25) is 4.79 Å². The predicted molar refractivity (Wildman–Crippen MR) is 151 cm³/mol. The van der Waals surface area contributed by atoms with Crippen LogP contribution in [-0.2, 0) is 5.41 Å². The predicted octanol–water partition coefficient (Wildman–Crippen LogP) is 8.33. The van der Waals surface area contributed by atoms with Crippen LogP contribution in [0.25, 0.3) is 0 Å². The second-order valence-electron chi connectivity index (χ2n) is 8.65. The van der Waals surface area contributed by atoms with Crippen molar-refractivity contribution < 1.29 is 9.90 Å². The van der Waals surface area contributed by atoms with Crippen molar-refractivity contribution >= 4 is 34.8 Å². The molecule has 2 N–H and O–H groups in total. The summed E-state index contributed by atoms with van der Waals surface area (Å²) in [6, 6.07) is 40.5. The van der Waals surface area contributed by atoms with E-state index in [4.69, 9.17) is 23.2 Å². The minimum Gasteiger partial charge on any atom is -0.507 e. The van der Waals surface area contributed by atoms with Crippen molar-refractivity contribution in [1.29, 1.82) is 0 Å². The Labute approximate surface area is 226 Å². The smallest absolute Gasteiger partial charge is 0.259 e. The second-order valence-corrected chi connectivity index (χ2v) is 9.50. The van der Waals surface area contributed by atoms with Crippen molar-refractivity contribution in [3.05, 3.63) is 165 Å². The lowest BCUT2D eigenvalue weighted by Gasteiger charge is -2.37. The van der Waals surface area contributed by atoms with E-state index in [2.05, 4.69) is 35.6 Å². The zero-order valence-electron chi connectivity index (χ0n) is 19.7. The number of amides is 1. The molecule has 5 heteroatoms. The van der Waals surface area contributed by atoms with E-state index in [9.17, 15) is 9.90 Å². The van der Waals surface area contributed by atoms with Crippen LogP contribution in [0.15, 0.2) is 127 Å². The molecule has 0 spiro atoms. The highest BCUT2D eigenvalue weighted by Gasteiger charge is 2.39. The first-order valence-electron chi connectivity index (χ1n) is 11.8. The Kier molecular flexibility index (Phi) is 7.00. The minimum atomic E-state index is -0.700. The highest BCUT2D eigenvalue weighted by molar-refractivity contribution is 6.31. The number of rotatable bonds is 6. The number of carbonyl (C=O) groups is 1. The van der Waals surface area contributed by atoms with Gasteiger partial charge in [0.15, 0.2) is 0 Å². The number of phenols is 1. The molecule has 5 rings (SSSR count). The van der Waals surface area contributed by atoms with Gasteiger partial charge in [-0.25, -0.2) is 0 Å². The molecule has 0 heterocycles. The number of phenolic OH excluding ortho intramolecular Hbond substituents is 1. The van der Waals surface area contributed by atoms with Gasteiger partial charge in [-0.05, 0) is 58.7 Å². The fraction of sp³-hybridized carbons (Fsp3) is 0.0312. The average molecular weight is 524 g/mol. The third-order valence-electron chi connectivity index (χ3n) is 6.47. The number of benzene rings is 5. The average Bonchev–Trinajstić information content (AvgIpc) is 2.93. The molecule has 0 unspecified atom stereocenters. The molecule has 0 radical (unpaired) electrons. The zero-order valence-corrected chi connectivity index (χ0v) is 21.2. The zero-order chi connectivity index (χ0) is 25.8. The SMILES string of the molecule is O=C(Nc1ccc(C(c2ccccc2)(c2ccccc2)c2ccccc2Cl)cc1)c1cc(Cl)ccc1O. The van der Waals surface area contributed by atoms with Crippen LogP contribution in [0.3, 0.4) is 0 Å². The summed E-state index contributed by atoms with van der Waals surface area (Å²) >= 11 is 12.9. The molecular formula is C32H23Cl2NO2. The highest BCUT2D eigenvalue weighted by atomic mass is 35.5. The fourth-order valence-electron chi connectivity index (χ4n) is 4.80. The lowest BCUT2D eigenvalue weighted by atomic mass is 9.65. The maximum absolute atomic E-state index is 12.8. The maximum Gasteiger partial charge on any atom is 0.259 e. The topological polar surface area (TPSA) is 49.3 Å². The van der Waals surface area contributed by atoms with Gasteiger partial charge in [-0.2, -0.15) is 0 Å². The molecule has 5 aromatic carbocycles. The molecular weight excluding hydrogens is 501 g/mol. The van der Waals surface area contributed by atoms with Crippen LogP contribution in [0.5, 0.6) is 5.75 Å². The normalized spacial score (nSPS) is 11.2. The number of hydrogen-bond donors (Lipinski definition) is 2. The van der Waals surface area contributed by atoms with Crippen LogP contribution >= 0.6 is 23.2 Å². The van der Waals surface area contributed by atoms with E-state index in [1.807, 2.05) is 78.9 Å². The first-order valence-corrected chi connectivity index (χ1v) is 12.5. The maximum atomic E-state index is 12.8. The second kappa shape index (κ2) is 10.5. The molecule has 182 valence electrons. The van der Waals surface area contributed by atoms with Gasteiger partial charge in [0.05, 0.1) is 11.0 Å². The van der Waals surface area contributed by atoms with Gasteiger partial charge >= 0.3 is 0 Å². The molecule has 0 bridgehead atoms. The quantitative estimate of drug-likeness (QED) is 0.220. The summed E-state index contributed by atoms with van der Waals surface area (Å²) in [5.74, 6) is -0.583. The van der Waals surface area contributed by atoms with Crippen LogP contribution in [0.1, 0.15) is 32.6 Å². The Hall–Kier alpha value is -4.05. The molecule has 0 aliphatic carbocycles. The summed E-state index contributed by atoms with van der Waals surface area (Å²) in [6.07, 6.45) is 0. The molecule has 0 aliphatic rings. The van der Waals surface area contributed by atoms with Gasteiger partial charge in [0, 0.05) is 15.7 Å². The summed E-state index contributed by atoms with van der Waals surface area (Å²) in [6.45, 7) is 0. The monoisotopic (exact) mass is 523 g/mol. The number of hydrogen-bond acceptors (Lipinski definition) is 2. The first-order chi connectivity index (χ1) is 18.0. The number of halogens is 2. The van der Waals surface area contributed by atoms with E-state index in [1.165, 1.54) is 18.2 Å². The molecule has 0 saturated heterocycles. The summed E-state index contributed by atoms with van der Waals surface area (Å²) in [4.78, 5) is 12.8. The fourth-order valence-corrected chi connectivity index (χ4v) is 5.25. The third-order valence-corrected chi connectivity index (χ3v) is 7.04. The number of carbonyl (C=O) groups excluding carboxylic acids is 1. The van der Waals surface area contributed by atoms with Gasteiger partial charge in [0.2, 0.25) is 0 Å². The highest BCUT2D eigenvalue weighted by Crippen LogP contribution is 2.47. The molecule has 0 saturated carbocycles. The van der Waals surface area contributed by atoms with Crippen molar-refractivity contribution in [3.63, 3.8) is 0 Å².